The highest BCUT2D eigenvalue weighted by atomic mass is 79.9. The molecule has 0 amide bonds. The number of nitrogens with two attached hydrogens (primary N) is 1. The second-order valence-electron chi connectivity index (χ2n) is 4.29. The van der Waals surface area contributed by atoms with E-state index in [4.69, 9.17) is 10.5 Å². The molecular formula is C16H17BrN2OS. The Hall–Kier alpha value is -1.46. The molecule has 0 aliphatic heterocycles. The molecule has 3 nitrogen and oxygen atoms in total. The lowest BCUT2D eigenvalue weighted by molar-refractivity contribution is 0.344. The summed E-state index contributed by atoms with van der Waals surface area (Å²) in [5.74, 6) is 1.63. The van der Waals surface area contributed by atoms with E-state index in [1.807, 2.05) is 54.6 Å². The summed E-state index contributed by atoms with van der Waals surface area (Å²) < 4.78 is 6.65. The molecule has 2 aromatic rings. The van der Waals surface area contributed by atoms with Crippen LogP contribution in [0.15, 0.2) is 64.1 Å². The van der Waals surface area contributed by atoms with E-state index in [0.29, 0.717) is 18.3 Å². The molecule has 0 aliphatic carbocycles. The van der Waals surface area contributed by atoms with Gasteiger partial charge in [-0.15, -0.1) is 0 Å². The highest BCUT2D eigenvalue weighted by Gasteiger charge is 1.98. The normalized spacial score (nSPS) is 11.4. The number of hydrogen-bond donors (Lipinski definition) is 1. The number of thioether (sulfide) groups is 1. The molecule has 2 aromatic carbocycles. The van der Waals surface area contributed by atoms with Crippen LogP contribution in [0.1, 0.15) is 5.56 Å². The number of hydrogen-bond acceptors (Lipinski definition) is 3. The number of rotatable bonds is 6. The minimum Gasteiger partial charge on any atom is -0.493 e. The van der Waals surface area contributed by atoms with Crippen LogP contribution >= 0.6 is 27.7 Å². The molecule has 0 saturated carbocycles. The first-order valence-corrected chi connectivity index (χ1v) is 8.37. The molecule has 0 radical (unpaired) electrons. The first-order valence-electron chi connectivity index (χ1n) is 6.59. The van der Waals surface area contributed by atoms with Crippen molar-refractivity contribution in [3.05, 3.63) is 64.6 Å². The third-order valence-corrected chi connectivity index (χ3v) is 3.95. The first kappa shape index (κ1) is 15.9. The van der Waals surface area contributed by atoms with E-state index in [-0.39, 0.29) is 0 Å². The average Bonchev–Trinajstić information content (AvgIpc) is 2.51. The smallest absolute Gasteiger partial charge is 0.154 e. The van der Waals surface area contributed by atoms with E-state index in [9.17, 15) is 0 Å². The zero-order valence-electron chi connectivity index (χ0n) is 11.5. The molecule has 110 valence electrons. The fourth-order valence-electron chi connectivity index (χ4n) is 1.66. The molecule has 0 aromatic heterocycles. The van der Waals surface area contributed by atoms with Crippen molar-refractivity contribution in [1.82, 2.24) is 0 Å². The summed E-state index contributed by atoms with van der Waals surface area (Å²) in [6.45, 7) is 1.22. The van der Waals surface area contributed by atoms with Crippen LogP contribution in [-0.2, 0) is 6.54 Å². The Morgan fingerprint density at radius 2 is 1.95 bits per heavy atom. The number of aliphatic imine (C=N–C) groups is 1. The summed E-state index contributed by atoms with van der Waals surface area (Å²) in [6.07, 6.45) is 0. The van der Waals surface area contributed by atoms with Gasteiger partial charge in [0, 0.05) is 10.2 Å². The Labute approximate surface area is 137 Å². The van der Waals surface area contributed by atoms with Gasteiger partial charge in [-0.25, -0.2) is 0 Å². The van der Waals surface area contributed by atoms with Crippen molar-refractivity contribution in [2.45, 2.75) is 6.54 Å². The highest BCUT2D eigenvalue weighted by molar-refractivity contribution is 9.10. The molecule has 0 bridgehead atoms. The second kappa shape index (κ2) is 8.74. The molecule has 0 spiro atoms. The molecule has 0 fully saturated rings. The third kappa shape index (κ3) is 6.23. The summed E-state index contributed by atoms with van der Waals surface area (Å²) in [6, 6.07) is 17.9. The van der Waals surface area contributed by atoms with E-state index in [2.05, 4.69) is 20.9 Å². The van der Waals surface area contributed by atoms with Crippen LogP contribution in [0.3, 0.4) is 0 Å². The molecular weight excluding hydrogens is 348 g/mol. The lowest BCUT2D eigenvalue weighted by atomic mass is 10.2. The van der Waals surface area contributed by atoms with Gasteiger partial charge in [0.25, 0.3) is 0 Å². The van der Waals surface area contributed by atoms with Crippen LogP contribution in [0.25, 0.3) is 0 Å². The number of ether oxygens (including phenoxy) is 1. The van der Waals surface area contributed by atoms with Gasteiger partial charge in [0.1, 0.15) is 5.75 Å². The summed E-state index contributed by atoms with van der Waals surface area (Å²) in [5, 5.41) is 0.594. The first-order chi connectivity index (χ1) is 10.2. The predicted octanol–water partition coefficient (Wildman–Crippen LogP) is 4.08. The van der Waals surface area contributed by atoms with Crippen molar-refractivity contribution in [2.75, 3.05) is 12.4 Å². The van der Waals surface area contributed by atoms with Crippen LogP contribution in [-0.4, -0.2) is 17.5 Å². The summed E-state index contributed by atoms with van der Waals surface area (Å²) >= 11 is 4.92. The van der Waals surface area contributed by atoms with Gasteiger partial charge < -0.3 is 10.5 Å². The van der Waals surface area contributed by atoms with Gasteiger partial charge in [-0.3, -0.25) is 4.99 Å². The van der Waals surface area contributed by atoms with Gasteiger partial charge in [-0.05, 0) is 23.8 Å². The third-order valence-electron chi connectivity index (χ3n) is 2.66. The fourth-order valence-corrected chi connectivity index (χ4v) is 2.57. The number of halogens is 1. The van der Waals surface area contributed by atoms with Crippen LogP contribution in [0, 0.1) is 0 Å². The monoisotopic (exact) mass is 364 g/mol. The Morgan fingerprint density at radius 1 is 1.14 bits per heavy atom. The van der Waals surface area contributed by atoms with Gasteiger partial charge >= 0.3 is 0 Å². The maximum absolute atomic E-state index is 5.88. The van der Waals surface area contributed by atoms with Crippen LogP contribution < -0.4 is 10.5 Å². The van der Waals surface area contributed by atoms with Gasteiger partial charge in [0.05, 0.1) is 13.2 Å². The standard InChI is InChI=1S/C16H17BrN2OS/c17-14-7-4-8-15(11-14)20-9-10-21-16(18)19-12-13-5-2-1-3-6-13/h1-8,11H,9-10,12H2,(H2,18,19). The Bertz CT molecular complexity index is 590. The predicted molar refractivity (Wildman–Crippen MR) is 93.9 cm³/mol. The van der Waals surface area contributed by atoms with Crippen molar-refractivity contribution < 1.29 is 4.74 Å². The summed E-state index contributed by atoms with van der Waals surface area (Å²) in [4.78, 5) is 4.35. The highest BCUT2D eigenvalue weighted by Crippen LogP contribution is 2.17. The van der Waals surface area contributed by atoms with E-state index in [0.717, 1.165) is 21.5 Å². The Kier molecular flexibility index (Phi) is 6.63. The number of benzene rings is 2. The molecule has 0 atom stereocenters. The molecule has 5 heteroatoms. The molecule has 0 aliphatic rings. The van der Waals surface area contributed by atoms with Gasteiger partial charge in [-0.2, -0.15) is 0 Å². The minimum absolute atomic E-state index is 0.594. The average molecular weight is 365 g/mol. The lowest BCUT2D eigenvalue weighted by Gasteiger charge is -2.06. The minimum atomic E-state index is 0.594. The van der Waals surface area contributed by atoms with Crippen LogP contribution in [0.4, 0.5) is 0 Å². The van der Waals surface area contributed by atoms with Crippen molar-refractivity contribution in [3.8, 4) is 5.75 Å². The van der Waals surface area contributed by atoms with Crippen molar-refractivity contribution >= 4 is 32.9 Å². The van der Waals surface area contributed by atoms with E-state index >= 15 is 0 Å². The van der Waals surface area contributed by atoms with Crippen molar-refractivity contribution in [3.63, 3.8) is 0 Å². The number of amidine groups is 1. The zero-order valence-corrected chi connectivity index (χ0v) is 13.9. The number of nitrogens with zero attached hydrogens (tertiary/aromatic N) is 1. The summed E-state index contributed by atoms with van der Waals surface area (Å²) in [7, 11) is 0. The molecule has 2 N–H and O–H groups in total. The zero-order chi connectivity index (χ0) is 14.9. The fraction of sp³-hybridized carbons (Fsp3) is 0.188. The molecule has 21 heavy (non-hydrogen) atoms. The SMILES string of the molecule is NC(=NCc1ccccc1)SCCOc1cccc(Br)c1. The van der Waals surface area contributed by atoms with Crippen LogP contribution in [0.2, 0.25) is 0 Å². The summed E-state index contributed by atoms with van der Waals surface area (Å²) in [5.41, 5.74) is 7.03. The van der Waals surface area contributed by atoms with Crippen LogP contribution in [0.5, 0.6) is 5.75 Å². The van der Waals surface area contributed by atoms with Crippen molar-refractivity contribution in [2.24, 2.45) is 10.7 Å². The molecule has 0 heterocycles. The largest absolute Gasteiger partial charge is 0.493 e. The molecule has 0 unspecified atom stereocenters. The Morgan fingerprint density at radius 3 is 2.71 bits per heavy atom. The Balaban J connectivity index is 1.68. The molecule has 0 saturated heterocycles. The van der Waals surface area contributed by atoms with E-state index < -0.39 is 0 Å². The quantitative estimate of drug-likeness (QED) is 0.477. The second-order valence-corrected chi connectivity index (χ2v) is 6.33. The maximum Gasteiger partial charge on any atom is 0.154 e. The van der Waals surface area contributed by atoms with Gasteiger partial charge in [0.15, 0.2) is 5.17 Å². The lowest BCUT2D eigenvalue weighted by Crippen LogP contribution is -2.10. The van der Waals surface area contributed by atoms with Gasteiger partial charge in [-0.1, -0.05) is 64.1 Å². The maximum atomic E-state index is 5.88. The van der Waals surface area contributed by atoms with E-state index in [1.54, 1.807) is 0 Å². The van der Waals surface area contributed by atoms with Gasteiger partial charge in [0.2, 0.25) is 0 Å². The molecule has 2 rings (SSSR count). The van der Waals surface area contributed by atoms with E-state index in [1.165, 1.54) is 11.8 Å². The topological polar surface area (TPSA) is 47.6 Å². The van der Waals surface area contributed by atoms with Crippen molar-refractivity contribution in [1.29, 1.82) is 0 Å².